The summed E-state index contributed by atoms with van der Waals surface area (Å²) < 4.78 is 0. The Hall–Kier alpha value is -0.860. The molecule has 0 aliphatic heterocycles. The fourth-order valence-electron chi connectivity index (χ4n) is 3.59. The maximum absolute atomic E-state index is 3.49. The summed E-state index contributed by atoms with van der Waals surface area (Å²) in [7, 11) is 4.38. The molecule has 1 aliphatic rings. The van der Waals surface area contributed by atoms with E-state index in [9.17, 15) is 0 Å². The van der Waals surface area contributed by atoms with Gasteiger partial charge in [-0.2, -0.15) is 0 Å². The molecule has 1 aromatic carbocycles. The van der Waals surface area contributed by atoms with Crippen LogP contribution in [-0.2, 0) is 0 Å². The van der Waals surface area contributed by atoms with Crippen molar-refractivity contribution in [1.29, 1.82) is 0 Å². The van der Waals surface area contributed by atoms with E-state index in [4.69, 9.17) is 0 Å². The summed E-state index contributed by atoms with van der Waals surface area (Å²) in [4.78, 5) is 2.58. The monoisotopic (exact) mass is 288 g/mol. The Morgan fingerprint density at radius 1 is 1.14 bits per heavy atom. The highest BCUT2D eigenvalue weighted by Crippen LogP contribution is 2.29. The van der Waals surface area contributed by atoms with Crippen molar-refractivity contribution in [2.75, 3.05) is 20.6 Å². The third kappa shape index (κ3) is 4.55. The lowest BCUT2D eigenvalue weighted by atomic mass is 9.84. The fraction of sp³-hybridized carbons (Fsp3) is 0.684. The highest BCUT2D eigenvalue weighted by Gasteiger charge is 2.24. The zero-order valence-electron chi connectivity index (χ0n) is 14.2. The van der Waals surface area contributed by atoms with Gasteiger partial charge < -0.3 is 10.2 Å². The molecule has 2 heteroatoms. The van der Waals surface area contributed by atoms with E-state index in [-0.39, 0.29) is 0 Å². The Labute approximate surface area is 130 Å². The summed E-state index contributed by atoms with van der Waals surface area (Å²) in [6.45, 7) is 5.58. The van der Waals surface area contributed by atoms with Gasteiger partial charge in [0.05, 0.1) is 0 Å². The zero-order chi connectivity index (χ0) is 15.2. The van der Waals surface area contributed by atoms with Crippen molar-refractivity contribution in [1.82, 2.24) is 10.2 Å². The van der Waals surface area contributed by atoms with Gasteiger partial charge in [0.2, 0.25) is 0 Å². The molecule has 0 spiro atoms. The minimum atomic E-state index is 0.430. The average molecular weight is 288 g/mol. The third-order valence-corrected chi connectivity index (χ3v) is 5.32. The number of aryl methyl sites for hydroxylation is 1. The minimum absolute atomic E-state index is 0.430. The van der Waals surface area contributed by atoms with Crippen LogP contribution >= 0.6 is 0 Å². The van der Waals surface area contributed by atoms with E-state index in [2.05, 4.69) is 62.4 Å². The molecule has 1 unspecified atom stereocenters. The van der Waals surface area contributed by atoms with Crippen LogP contribution in [-0.4, -0.2) is 31.6 Å². The average Bonchev–Trinajstić information content (AvgIpc) is 2.53. The van der Waals surface area contributed by atoms with Gasteiger partial charge in [-0.3, -0.25) is 0 Å². The van der Waals surface area contributed by atoms with Crippen molar-refractivity contribution >= 4 is 0 Å². The van der Waals surface area contributed by atoms with Gasteiger partial charge in [0.1, 0.15) is 0 Å². The molecule has 1 atom stereocenters. The number of likely N-dealkylation sites (N-methyl/N-ethyl adjacent to an activating group) is 2. The van der Waals surface area contributed by atoms with Crippen molar-refractivity contribution in [3.8, 4) is 0 Å². The number of nitrogens with zero attached hydrogens (tertiary/aromatic N) is 1. The van der Waals surface area contributed by atoms with E-state index in [0.29, 0.717) is 6.04 Å². The molecule has 0 heterocycles. The molecule has 0 saturated heterocycles. The second kappa shape index (κ2) is 7.95. The number of hydrogen-bond donors (Lipinski definition) is 1. The first-order chi connectivity index (χ1) is 10.1. The standard InChI is InChI=1S/C19H32N2/c1-5-16-8-12-18(13-9-16)21(4)14-19(20-3)17-10-6-15(2)7-11-17/h6-7,10-11,16,18-20H,5,8-9,12-14H2,1-4H3. The Morgan fingerprint density at radius 2 is 1.76 bits per heavy atom. The van der Waals surface area contributed by atoms with Crippen LogP contribution in [0.25, 0.3) is 0 Å². The lowest BCUT2D eigenvalue weighted by Gasteiger charge is -2.36. The zero-order valence-corrected chi connectivity index (χ0v) is 14.2. The number of nitrogens with one attached hydrogen (secondary N) is 1. The van der Waals surface area contributed by atoms with Crippen molar-refractivity contribution in [3.63, 3.8) is 0 Å². The van der Waals surface area contributed by atoms with Gasteiger partial charge in [-0.05, 0) is 58.2 Å². The van der Waals surface area contributed by atoms with E-state index in [1.165, 1.54) is 43.2 Å². The quantitative estimate of drug-likeness (QED) is 0.845. The molecular formula is C19H32N2. The largest absolute Gasteiger partial charge is 0.312 e. The Bertz CT molecular complexity index is 404. The molecule has 1 fully saturated rings. The first-order valence-corrected chi connectivity index (χ1v) is 8.58. The van der Waals surface area contributed by atoms with Crippen LogP contribution in [0, 0.1) is 12.8 Å². The highest BCUT2D eigenvalue weighted by molar-refractivity contribution is 5.24. The lowest BCUT2D eigenvalue weighted by molar-refractivity contribution is 0.152. The molecule has 1 saturated carbocycles. The summed E-state index contributed by atoms with van der Waals surface area (Å²) >= 11 is 0. The van der Waals surface area contributed by atoms with Crippen LogP contribution in [0.4, 0.5) is 0 Å². The number of rotatable bonds is 6. The molecule has 0 radical (unpaired) electrons. The van der Waals surface area contributed by atoms with Gasteiger partial charge in [-0.25, -0.2) is 0 Å². The van der Waals surface area contributed by atoms with Gasteiger partial charge in [0, 0.05) is 18.6 Å². The SMILES string of the molecule is CCC1CCC(N(C)CC(NC)c2ccc(C)cc2)CC1. The first-order valence-electron chi connectivity index (χ1n) is 8.58. The van der Waals surface area contributed by atoms with Crippen LogP contribution in [0.15, 0.2) is 24.3 Å². The summed E-state index contributed by atoms with van der Waals surface area (Å²) in [6, 6.07) is 10.2. The molecule has 2 nitrogen and oxygen atoms in total. The maximum Gasteiger partial charge on any atom is 0.0446 e. The summed E-state index contributed by atoms with van der Waals surface area (Å²) in [5.74, 6) is 0.979. The van der Waals surface area contributed by atoms with Crippen molar-refractivity contribution < 1.29 is 0 Å². The summed E-state index contributed by atoms with van der Waals surface area (Å²) in [6.07, 6.45) is 6.94. The van der Waals surface area contributed by atoms with Crippen LogP contribution in [0.5, 0.6) is 0 Å². The second-order valence-corrected chi connectivity index (χ2v) is 6.77. The van der Waals surface area contributed by atoms with Gasteiger partial charge in [-0.15, -0.1) is 0 Å². The summed E-state index contributed by atoms with van der Waals surface area (Å²) in [5.41, 5.74) is 2.73. The van der Waals surface area contributed by atoms with Crippen LogP contribution < -0.4 is 5.32 Å². The van der Waals surface area contributed by atoms with Gasteiger partial charge in [-0.1, -0.05) is 43.2 Å². The number of benzene rings is 1. The second-order valence-electron chi connectivity index (χ2n) is 6.77. The molecule has 1 aromatic rings. The maximum atomic E-state index is 3.49. The predicted molar refractivity (Wildman–Crippen MR) is 91.6 cm³/mol. The van der Waals surface area contributed by atoms with E-state index in [0.717, 1.165) is 18.5 Å². The third-order valence-electron chi connectivity index (χ3n) is 5.32. The highest BCUT2D eigenvalue weighted by atomic mass is 15.1. The molecule has 1 N–H and O–H groups in total. The topological polar surface area (TPSA) is 15.3 Å². The van der Waals surface area contributed by atoms with E-state index in [1.807, 2.05) is 0 Å². The van der Waals surface area contributed by atoms with E-state index in [1.54, 1.807) is 0 Å². The van der Waals surface area contributed by atoms with Crippen LogP contribution in [0.2, 0.25) is 0 Å². The van der Waals surface area contributed by atoms with Crippen molar-refractivity contribution in [2.45, 2.75) is 58.0 Å². The Kier molecular flexibility index (Phi) is 6.25. The van der Waals surface area contributed by atoms with Gasteiger partial charge in [0.25, 0.3) is 0 Å². The van der Waals surface area contributed by atoms with Gasteiger partial charge >= 0.3 is 0 Å². The molecule has 0 bridgehead atoms. The lowest BCUT2D eigenvalue weighted by Crippen LogP contribution is -2.40. The first kappa shape index (κ1) is 16.5. The molecular weight excluding hydrogens is 256 g/mol. The predicted octanol–water partition coefficient (Wildman–Crippen LogP) is 4.16. The number of hydrogen-bond acceptors (Lipinski definition) is 2. The normalized spacial score (nSPS) is 24.2. The Balaban J connectivity index is 1.90. The smallest absolute Gasteiger partial charge is 0.0446 e. The molecule has 2 rings (SSSR count). The van der Waals surface area contributed by atoms with E-state index >= 15 is 0 Å². The van der Waals surface area contributed by atoms with Crippen molar-refractivity contribution in [2.24, 2.45) is 5.92 Å². The minimum Gasteiger partial charge on any atom is -0.312 e. The van der Waals surface area contributed by atoms with E-state index < -0.39 is 0 Å². The summed E-state index contributed by atoms with van der Waals surface area (Å²) in [5, 5.41) is 3.49. The van der Waals surface area contributed by atoms with Crippen molar-refractivity contribution in [3.05, 3.63) is 35.4 Å². The molecule has 118 valence electrons. The Morgan fingerprint density at radius 3 is 2.29 bits per heavy atom. The van der Waals surface area contributed by atoms with Crippen LogP contribution in [0.3, 0.4) is 0 Å². The molecule has 21 heavy (non-hydrogen) atoms. The van der Waals surface area contributed by atoms with Crippen LogP contribution in [0.1, 0.15) is 56.2 Å². The molecule has 0 amide bonds. The fourth-order valence-corrected chi connectivity index (χ4v) is 3.59. The molecule has 1 aliphatic carbocycles. The van der Waals surface area contributed by atoms with Gasteiger partial charge in [0.15, 0.2) is 0 Å². The molecule has 0 aromatic heterocycles.